The molecule has 0 unspecified atom stereocenters. The molecule has 0 bridgehead atoms. The van der Waals surface area contributed by atoms with Crippen LogP contribution in [0, 0.1) is 13.8 Å². The van der Waals surface area contributed by atoms with Gasteiger partial charge in [0.05, 0.1) is 22.9 Å². The molecule has 0 saturated carbocycles. The first kappa shape index (κ1) is 14.9. The summed E-state index contributed by atoms with van der Waals surface area (Å²) in [4.78, 5) is 20.8. The molecular formula is C17H17N5O. The number of amides is 1. The molecular weight excluding hydrogens is 290 g/mol. The van der Waals surface area contributed by atoms with Crippen LogP contribution in [0.5, 0.6) is 0 Å². The molecule has 0 fully saturated rings. The number of fused-ring (bicyclic) bond motifs is 1. The van der Waals surface area contributed by atoms with E-state index in [0.29, 0.717) is 5.69 Å². The van der Waals surface area contributed by atoms with E-state index in [1.807, 2.05) is 60.9 Å². The Labute approximate surface area is 133 Å². The highest BCUT2D eigenvalue weighted by atomic mass is 16.2. The van der Waals surface area contributed by atoms with E-state index in [2.05, 4.69) is 20.5 Å². The lowest BCUT2D eigenvalue weighted by atomic mass is 10.3. The van der Waals surface area contributed by atoms with E-state index in [-0.39, 0.29) is 12.5 Å². The van der Waals surface area contributed by atoms with Gasteiger partial charge in [-0.25, -0.2) is 10.4 Å². The van der Waals surface area contributed by atoms with Gasteiger partial charge in [0, 0.05) is 5.69 Å². The number of hydrazone groups is 1. The van der Waals surface area contributed by atoms with Crippen LogP contribution in [0.3, 0.4) is 0 Å². The largest absolute Gasteiger partial charge is 0.319 e. The lowest BCUT2D eigenvalue weighted by Crippen LogP contribution is -2.23. The minimum Gasteiger partial charge on any atom is -0.319 e. The molecule has 1 amide bonds. The zero-order chi connectivity index (χ0) is 16.2. The maximum atomic E-state index is 12.1. The van der Waals surface area contributed by atoms with Crippen molar-refractivity contribution in [1.82, 2.24) is 20.0 Å². The number of aromatic nitrogens is 3. The molecule has 2 aromatic heterocycles. The zero-order valence-electron chi connectivity index (χ0n) is 13.0. The Kier molecular flexibility index (Phi) is 4.14. The molecule has 3 aromatic rings. The standard InChI is InChI=1S/C17H17N5O/c1-12-6-5-7-14(19-12)10-18-21-17(23)11-22-13(2)20-15-8-3-4-9-16(15)22/h3-10H,11H2,1-2H3,(H,21,23)/b18-10+. The molecule has 1 aromatic carbocycles. The van der Waals surface area contributed by atoms with E-state index >= 15 is 0 Å². The van der Waals surface area contributed by atoms with Gasteiger partial charge in [0.2, 0.25) is 0 Å². The highest BCUT2D eigenvalue weighted by Crippen LogP contribution is 2.14. The summed E-state index contributed by atoms with van der Waals surface area (Å²) in [6.07, 6.45) is 1.53. The summed E-state index contributed by atoms with van der Waals surface area (Å²) in [5.41, 5.74) is 5.94. The second-order valence-corrected chi connectivity index (χ2v) is 5.23. The van der Waals surface area contributed by atoms with Crippen LogP contribution in [0.25, 0.3) is 11.0 Å². The molecule has 23 heavy (non-hydrogen) atoms. The third-order valence-electron chi connectivity index (χ3n) is 3.44. The van der Waals surface area contributed by atoms with E-state index in [1.54, 1.807) is 0 Å². The SMILES string of the molecule is Cc1cccc(/C=N/NC(=O)Cn2c(C)nc3ccccc32)n1. The molecule has 3 rings (SSSR count). The van der Waals surface area contributed by atoms with Gasteiger partial charge in [0.15, 0.2) is 0 Å². The molecule has 0 radical (unpaired) electrons. The monoisotopic (exact) mass is 307 g/mol. The van der Waals surface area contributed by atoms with Gasteiger partial charge in [-0.05, 0) is 38.1 Å². The molecule has 0 spiro atoms. The molecule has 116 valence electrons. The smallest absolute Gasteiger partial charge is 0.260 e. The quantitative estimate of drug-likeness (QED) is 0.593. The average Bonchev–Trinajstić information content (AvgIpc) is 2.83. The third-order valence-corrected chi connectivity index (χ3v) is 3.44. The van der Waals surface area contributed by atoms with Gasteiger partial charge in [-0.1, -0.05) is 18.2 Å². The van der Waals surface area contributed by atoms with Gasteiger partial charge >= 0.3 is 0 Å². The molecule has 0 atom stereocenters. The Morgan fingerprint density at radius 2 is 2.00 bits per heavy atom. The van der Waals surface area contributed by atoms with Crippen LogP contribution in [0.1, 0.15) is 17.2 Å². The van der Waals surface area contributed by atoms with E-state index in [9.17, 15) is 4.79 Å². The highest BCUT2D eigenvalue weighted by molar-refractivity contribution is 5.83. The van der Waals surface area contributed by atoms with Gasteiger partial charge < -0.3 is 4.57 Å². The van der Waals surface area contributed by atoms with Crippen LogP contribution in [0.4, 0.5) is 0 Å². The number of nitrogens with one attached hydrogen (secondary N) is 1. The summed E-state index contributed by atoms with van der Waals surface area (Å²) in [5.74, 6) is 0.589. The summed E-state index contributed by atoms with van der Waals surface area (Å²) in [7, 11) is 0. The predicted octanol–water partition coefficient (Wildman–Crippen LogP) is 2.20. The van der Waals surface area contributed by atoms with Crippen molar-refractivity contribution in [3.05, 3.63) is 59.7 Å². The maximum Gasteiger partial charge on any atom is 0.260 e. The minimum absolute atomic E-state index is 0.172. The van der Waals surface area contributed by atoms with Gasteiger partial charge in [-0.3, -0.25) is 9.78 Å². The summed E-state index contributed by atoms with van der Waals surface area (Å²) < 4.78 is 1.87. The molecule has 0 aliphatic carbocycles. The molecule has 2 heterocycles. The van der Waals surface area contributed by atoms with Crippen LogP contribution < -0.4 is 5.43 Å². The molecule has 0 aliphatic heterocycles. The van der Waals surface area contributed by atoms with Crippen molar-refractivity contribution >= 4 is 23.2 Å². The molecule has 0 aliphatic rings. The van der Waals surface area contributed by atoms with E-state index < -0.39 is 0 Å². The van der Waals surface area contributed by atoms with Crippen molar-refractivity contribution in [1.29, 1.82) is 0 Å². The molecule has 0 saturated heterocycles. The van der Waals surface area contributed by atoms with E-state index in [0.717, 1.165) is 22.6 Å². The second kappa shape index (κ2) is 6.39. The number of carbonyl (C=O) groups excluding carboxylic acids is 1. The highest BCUT2D eigenvalue weighted by Gasteiger charge is 2.09. The van der Waals surface area contributed by atoms with Crippen LogP contribution in [0.2, 0.25) is 0 Å². The lowest BCUT2D eigenvalue weighted by Gasteiger charge is -2.05. The topological polar surface area (TPSA) is 72.2 Å². The number of nitrogens with zero attached hydrogens (tertiary/aromatic N) is 4. The van der Waals surface area contributed by atoms with Crippen LogP contribution in [0.15, 0.2) is 47.6 Å². The summed E-state index contributed by atoms with van der Waals surface area (Å²) in [5, 5.41) is 3.95. The number of pyridine rings is 1. The normalized spacial score (nSPS) is 11.2. The van der Waals surface area contributed by atoms with Crippen LogP contribution in [-0.2, 0) is 11.3 Å². The number of hydrogen-bond donors (Lipinski definition) is 1. The third kappa shape index (κ3) is 3.42. The predicted molar refractivity (Wildman–Crippen MR) is 89.2 cm³/mol. The van der Waals surface area contributed by atoms with E-state index in [1.165, 1.54) is 6.21 Å². The zero-order valence-corrected chi connectivity index (χ0v) is 13.0. The van der Waals surface area contributed by atoms with E-state index in [4.69, 9.17) is 0 Å². The second-order valence-electron chi connectivity index (χ2n) is 5.23. The summed E-state index contributed by atoms with van der Waals surface area (Å²) in [6.45, 7) is 3.96. The first-order valence-electron chi connectivity index (χ1n) is 7.31. The fourth-order valence-electron chi connectivity index (χ4n) is 2.38. The van der Waals surface area contributed by atoms with Crippen molar-refractivity contribution in [2.24, 2.45) is 5.10 Å². The first-order chi connectivity index (χ1) is 11.1. The number of para-hydroxylation sites is 2. The van der Waals surface area contributed by atoms with Gasteiger partial charge in [0.25, 0.3) is 5.91 Å². The number of aryl methyl sites for hydroxylation is 2. The van der Waals surface area contributed by atoms with Crippen molar-refractivity contribution < 1.29 is 4.79 Å². The van der Waals surface area contributed by atoms with Gasteiger partial charge in [-0.15, -0.1) is 0 Å². The Morgan fingerprint density at radius 3 is 2.83 bits per heavy atom. The number of rotatable bonds is 4. The fourth-order valence-corrected chi connectivity index (χ4v) is 2.38. The average molecular weight is 307 g/mol. The number of benzene rings is 1. The summed E-state index contributed by atoms with van der Waals surface area (Å²) >= 11 is 0. The fraction of sp³-hybridized carbons (Fsp3) is 0.176. The lowest BCUT2D eigenvalue weighted by molar-refractivity contribution is -0.121. The minimum atomic E-state index is -0.208. The van der Waals surface area contributed by atoms with Crippen LogP contribution >= 0.6 is 0 Å². The van der Waals surface area contributed by atoms with Gasteiger partial charge in [-0.2, -0.15) is 5.10 Å². The number of carbonyl (C=O) groups is 1. The van der Waals surface area contributed by atoms with Crippen molar-refractivity contribution in [3.8, 4) is 0 Å². The molecule has 6 nitrogen and oxygen atoms in total. The maximum absolute atomic E-state index is 12.1. The van der Waals surface area contributed by atoms with Crippen LogP contribution in [-0.4, -0.2) is 26.7 Å². The molecule has 1 N–H and O–H groups in total. The van der Waals surface area contributed by atoms with Gasteiger partial charge in [0.1, 0.15) is 12.4 Å². The molecule has 6 heteroatoms. The van der Waals surface area contributed by atoms with Crippen molar-refractivity contribution in [2.75, 3.05) is 0 Å². The Morgan fingerprint density at radius 1 is 1.17 bits per heavy atom. The summed E-state index contributed by atoms with van der Waals surface area (Å²) in [6, 6.07) is 13.4. The number of imidazole rings is 1. The number of hydrogen-bond acceptors (Lipinski definition) is 4. The van der Waals surface area contributed by atoms with Crippen molar-refractivity contribution in [2.45, 2.75) is 20.4 Å². The Hall–Kier alpha value is -3.02. The first-order valence-corrected chi connectivity index (χ1v) is 7.31. The Bertz CT molecular complexity index is 882. The Balaban J connectivity index is 1.68. The van der Waals surface area contributed by atoms with Crippen molar-refractivity contribution in [3.63, 3.8) is 0 Å².